The fourth-order valence-corrected chi connectivity index (χ4v) is 5.70. The number of carbonyl (C=O) groups is 2. The van der Waals surface area contributed by atoms with Crippen molar-refractivity contribution in [1.82, 2.24) is 0 Å². The minimum Gasteiger partial charge on any atom is -0.469 e. The summed E-state index contributed by atoms with van der Waals surface area (Å²) in [5, 5.41) is 13.8. The summed E-state index contributed by atoms with van der Waals surface area (Å²) in [6.07, 6.45) is 5.38. The summed E-state index contributed by atoms with van der Waals surface area (Å²) in [5.41, 5.74) is 3.20. The maximum absolute atomic E-state index is 12.8. The van der Waals surface area contributed by atoms with Crippen molar-refractivity contribution in [1.29, 1.82) is 5.26 Å². The van der Waals surface area contributed by atoms with E-state index in [1.807, 2.05) is 42.5 Å². The number of hydrogen-bond donors (Lipinski definition) is 1. The Morgan fingerprint density at radius 3 is 2.58 bits per heavy atom. The summed E-state index contributed by atoms with van der Waals surface area (Å²) in [6, 6.07) is 16.0. The largest absolute Gasteiger partial charge is 0.469 e. The Balaban J connectivity index is 1.43. The molecule has 1 aromatic carbocycles. The SMILES string of the molecule is N#Cc1c(NC2=CC(=O)CC(c3ccccc3)C2)sc2c1CC(c1ccco1)CC2=O. The van der Waals surface area contributed by atoms with Gasteiger partial charge in [-0.3, -0.25) is 9.59 Å². The van der Waals surface area contributed by atoms with E-state index >= 15 is 0 Å². The first-order chi connectivity index (χ1) is 15.1. The Morgan fingerprint density at radius 1 is 1.00 bits per heavy atom. The summed E-state index contributed by atoms with van der Waals surface area (Å²) in [5.74, 6) is 0.924. The summed E-state index contributed by atoms with van der Waals surface area (Å²) >= 11 is 1.32. The van der Waals surface area contributed by atoms with Crippen molar-refractivity contribution in [3.63, 3.8) is 0 Å². The number of hydrogen-bond acceptors (Lipinski definition) is 6. The maximum atomic E-state index is 12.8. The van der Waals surface area contributed by atoms with Gasteiger partial charge in [0, 0.05) is 30.5 Å². The molecule has 5 rings (SSSR count). The van der Waals surface area contributed by atoms with E-state index < -0.39 is 0 Å². The molecule has 2 aliphatic rings. The van der Waals surface area contributed by atoms with Crippen LogP contribution in [0.1, 0.15) is 63.2 Å². The zero-order chi connectivity index (χ0) is 21.4. The van der Waals surface area contributed by atoms with Crippen molar-refractivity contribution in [2.75, 3.05) is 5.32 Å². The monoisotopic (exact) mass is 428 g/mol. The van der Waals surface area contributed by atoms with Gasteiger partial charge in [0.2, 0.25) is 0 Å². The maximum Gasteiger partial charge on any atom is 0.173 e. The predicted octanol–water partition coefficient (Wildman–Crippen LogP) is 5.57. The highest BCUT2D eigenvalue weighted by atomic mass is 32.1. The molecule has 0 aliphatic heterocycles. The van der Waals surface area contributed by atoms with Crippen molar-refractivity contribution in [3.05, 3.63) is 87.8 Å². The number of ketones is 2. The molecule has 0 saturated heterocycles. The van der Waals surface area contributed by atoms with Crippen molar-refractivity contribution < 1.29 is 14.0 Å². The number of nitrogens with zero attached hydrogens (tertiary/aromatic N) is 1. The third kappa shape index (κ3) is 3.73. The molecule has 1 N–H and O–H groups in total. The molecule has 0 fully saturated rings. The molecule has 2 aromatic heterocycles. The summed E-state index contributed by atoms with van der Waals surface area (Å²) < 4.78 is 5.51. The van der Waals surface area contributed by atoms with Crippen molar-refractivity contribution >= 4 is 27.9 Å². The van der Waals surface area contributed by atoms with Crippen LogP contribution in [0.3, 0.4) is 0 Å². The average Bonchev–Trinajstić information content (AvgIpc) is 3.42. The van der Waals surface area contributed by atoms with Crippen molar-refractivity contribution in [2.45, 2.75) is 37.5 Å². The minimum atomic E-state index is -0.0533. The average molecular weight is 429 g/mol. The number of anilines is 1. The number of nitriles is 1. The van der Waals surface area contributed by atoms with E-state index in [4.69, 9.17) is 4.42 Å². The fourth-order valence-electron chi connectivity index (χ4n) is 4.54. The van der Waals surface area contributed by atoms with Crippen LogP contribution in [0.15, 0.2) is 64.9 Å². The Kier molecular flexibility index (Phi) is 5.05. The molecule has 31 heavy (non-hydrogen) atoms. The lowest BCUT2D eigenvalue weighted by molar-refractivity contribution is -0.115. The first-order valence-electron chi connectivity index (χ1n) is 10.3. The summed E-state index contributed by atoms with van der Waals surface area (Å²) in [4.78, 5) is 25.8. The number of nitrogens with one attached hydrogen (secondary N) is 1. The standard InChI is InChI=1S/C25H20N2O3S/c26-14-21-20-11-17(23-7-4-8-30-23)12-22(29)24(20)31-25(21)27-18-9-16(10-19(28)13-18)15-5-2-1-3-6-15/h1-8,13,16-17,27H,9-12H2. The fraction of sp³-hybridized carbons (Fsp3) is 0.240. The minimum absolute atomic E-state index is 0.0352. The van der Waals surface area contributed by atoms with Crippen LogP contribution < -0.4 is 5.32 Å². The van der Waals surface area contributed by atoms with Crippen molar-refractivity contribution in [2.24, 2.45) is 0 Å². The highest BCUT2D eigenvalue weighted by Gasteiger charge is 2.34. The molecule has 2 atom stereocenters. The Bertz CT molecular complexity index is 1220. The van der Waals surface area contributed by atoms with E-state index in [0.717, 1.165) is 22.6 Å². The Morgan fingerprint density at radius 2 is 1.84 bits per heavy atom. The van der Waals surface area contributed by atoms with Gasteiger partial charge in [0.1, 0.15) is 16.8 Å². The van der Waals surface area contributed by atoms with Gasteiger partial charge in [-0.05, 0) is 42.0 Å². The Hall–Kier alpha value is -3.43. The molecule has 2 heterocycles. The van der Waals surface area contributed by atoms with E-state index in [1.54, 1.807) is 12.3 Å². The van der Waals surface area contributed by atoms with Gasteiger partial charge in [-0.25, -0.2) is 0 Å². The second-order valence-corrected chi connectivity index (χ2v) is 9.07. The highest BCUT2D eigenvalue weighted by molar-refractivity contribution is 7.18. The predicted molar refractivity (Wildman–Crippen MR) is 118 cm³/mol. The van der Waals surface area contributed by atoms with Crippen LogP contribution in [-0.4, -0.2) is 11.6 Å². The van der Waals surface area contributed by atoms with Crippen LogP contribution >= 0.6 is 11.3 Å². The van der Waals surface area contributed by atoms with Crippen LogP contribution in [-0.2, 0) is 11.2 Å². The van der Waals surface area contributed by atoms with E-state index in [0.29, 0.717) is 41.1 Å². The van der Waals surface area contributed by atoms with Crippen LogP contribution in [0.5, 0.6) is 0 Å². The lowest BCUT2D eigenvalue weighted by Crippen LogP contribution is -2.17. The number of fused-ring (bicyclic) bond motifs is 1. The van der Waals surface area contributed by atoms with Gasteiger partial charge in [-0.1, -0.05) is 30.3 Å². The Labute approximate surface area is 184 Å². The number of furan rings is 1. The number of benzene rings is 1. The van der Waals surface area contributed by atoms with Gasteiger partial charge >= 0.3 is 0 Å². The van der Waals surface area contributed by atoms with E-state index in [-0.39, 0.29) is 23.4 Å². The molecule has 0 saturated carbocycles. The molecule has 0 amide bonds. The third-order valence-corrected chi connectivity index (χ3v) is 7.18. The molecule has 0 bridgehead atoms. The molecule has 2 aliphatic carbocycles. The van der Waals surface area contributed by atoms with Crippen LogP contribution in [0.25, 0.3) is 0 Å². The molecule has 0 spiro atoms. The van der Waals surface area contributed by atoms with E-state index in [2.05, 4.69) is 11.4 Å². The first kappa shape index (κ1) is 19.5. The molecule has 0 radical (unpaired) electrons. The number of thiophene rings is 1. The van der Waals surface area contributed by atoms with E-state index in [1.165, 1.54) is 11.3 Å². The first-order valence-corrected chi connectivity index (χ1v) is 11.1. The second-order valence-electron chi connectivity index (χ2n) is 8.05. The van der Waals surface area contributed by atoms with Crippen LogP contribution in [0.4, 0.5) is 5.00 Å². The number of Topliss-reactive ketones (excluding diaryl/α,β-unsaturated/α-hetero) is 1. The third-order valence-electron chi connectivity index (χ3n) is 5.99. The van der Waals surface area contributed by atoms with Gasteiger partial charge in [0.25, 0.3) is 0 Å². The number of rotatable bonds is 4. The molecule has 2 unspecified atom stereocenters. The summed E-state index contributed by atoms with van der Waals surface area (Å²) in [6.45, 7) is 0. The van der Waals surface area contributed by atoms with Gasteiger partial charge < -0.3 is 9.73 Å². The molecule has 6 heteroatoms. The topological polar surface area (TPSA) is 83.1 Å². The lowest BCUT2D eigenvalue weighted by atomic mass is 9.84. The van der Waals surface area contributed by atoms with Gasteiger partial charge in [-0.2, -0.15) is 5.26 Å². The zero-order valence-corrected chi connectivity index (χ0v) is 17.6. The van der Waals surface area contributed by atoms with Gasteiger partial charge in [-0.15, -0.1) is 11.3 Å². The van der Waals surface area contributed by atoms with Gasteiger partial charge in [0.05, 0.1) is 16.7 Å². The zero-order valence-electron chi connectivity index (χ0n) is 16.8. The van der Waals surface area contributed by atoms with Crippen LogP contribution in [0.2, 0.25) is 0 Å². The molecular formula is C25H20N2O3S. The van der Waals surface area contributed by atoms with Gasteiger partial charge in [0.15, 0.2) is 11.6 Å². The van der Waals surface area contributed by atoms with Crippen molar-refractivity contribution in [3.8, 4) is 6.07 Å². The van der Waals surface area contributed by atoms with E-state index in [9.17, 15) is 14.9 Å². The highest BCUT2D eigenvalue weighted by Crippen LogP contribution is 2.43. The number of carbonyl (C=O) groups excluding carboxylic acids is 2. The smallest absolute Gasteiger partial charge is 0.173 e. The number of allylic oxidation sites excluding steroid dienone is 2. The molecule has 154 valence electrons. The van der Waals surface area contributed by atoms with Crippen LogP contribution in [0, 0.1) is 11.3 Å². The quantitative estimate of drug-likeness (QED) is 0.587. The second kappa shape index (κ2) is 8.01. The molecule has 3 aromatic rings. The molecule has 5 nitrogen and oxygen atoms in total. The normalized spacial score (nSPS) is 20.7. The summed E-state index contributed by atoms with van der Waals surface area (Å²) in [7, 11) is 0. The lowest BCUT2D eigenvalue weighted by Gasteiger charge is -2.23. The molecular weight excluding hydrogens is 408 g/mol.